The van der Waals surface area contributed by atoms with Gasteiger partial charge in [0, 0.05) is 42.3 Å². The van der Waals surface area contributed by atoms with Crippen molar-refractivity contribution in [2.24, 2.45) is 5.92 Å². The zero-order valence-electron chi connectivity index (χ0n) is 20.2. The molecule has 4 aromatic rings. The monoisotopic (exact) mass is 565 g/mol. The van der Waals surface area contributed by atoms with Gasteiger partial charge >= 0.3 is 12.4 Å². The molecule has 7 nitrogen and oxygen atoms in total. The Labute approximate surface area is 220 Å². The summed E-state index contributed by atoms with van der Waals surface area (Å²) in [4.78, 5) is 35.9. The predicted octanol–water partition coefficient (Wildman–Crippen LogP) is 5.84. The highest BCUT2D eigenvalue weighted by atomic mass is 19.4. The number of carbonyl (C=O) groups is 1. The van der Waals surface area contributed by atoms with Gasteiger partial charge in [-0.3, -0.25) is 9.59 Å². The van der Waals surface area contributed by atoms with Crippen LogP contribution < -0.4 is 10.9 Å². The van der Waals surface area contributed by atoms with Gasteiger partial charge in [-0.15, -0.1) is 0 Å². The van der Waals surface area contributed by atoms with Crippen LogP contribution in [0.1, 0.15) is 17.5 Å². The van der Waals surface area contributed by atoms with E-state index in [2.05, 4.69) is 20.3 Å². The first-order valence-electron chi connectivity index (χ1n) is 11.7. The van der Waals surface area contributed by atoms with Crippen molar-refractivity contribution in [3.05, 3.63) is 82.2 Å². The number of nitrogens with one attached hydrogen (secondary N) is 2. The third kappa shape index (κ3) is 5.46. The van der Waals surface area contributed by atoms with Gasteiger partial charge in [0.15, 0.2) is 23.4 Å². The van der Waals surface area contributed by atoms with Crippen molar-refractivity contribution in [2.75, 3.05) is 5.32 Å². The summed E-state index contributed by atoms with van der Waals surface area (Å²) in [5, 5.41) is 3.88. The lowest BCUT2D eigenvalue weighted by Gasteiger charge is -2.24. The van der Waals surface area contributed by atoms with Crippen LogP contribution in [0.2, 0.25) is 0 Å². The summed E-state index contributed by atoms with van der Waals surface area (Å²) in [6, 6.07) is 11.1. The number of anilines is 2. The number of aromatic nitrogens is 3. The van der Waals surface area contributed by atoms with Crippen molar-refractivity contribution in [3.8, 4) is 11.4 Å². The number of carbonyl (C=O) groups excluding carboxylic acids is 1. The molecule has 0 radical (unpaired) electrons. The van der Waals surface area contributed by atoms with Gasteiger partial charge in [0.2, 0.25) is 5.91 Å². The highest BCUT2D eigenvalue weighted by Gasteiger charge is 2.57. The summed E-state index contributed by atoms with van der Waals surface area (Å²) in [6.45, 7) is -0.355. The van der Waals surface area contributed by atoms with Crippen LogP contribution in [-0.4, -0.2) is 38.1 Å². The van der Waals surface area contributed by atoms with E-state index in [1.165, 1.54) is 6.20 Å². The second kappa shape index (κ2) is 9.92. The SMILES string of the molecule is O=C(CC(C(F)(F)F)C(F)(F)F)N1Cc2ccc(-c3ncc(F)c(Nc4ccc5c(=O)[nH]ccc5c4)n3)cc2C1. The molecule has 0 spiro atoms. The third-order valence-electron chi connectivity index (χ3n) is 6.49. The molecule has 208 valence electrons. The molecule has 14 heteroatoms. The molecule has 0 atom stereocenters. The van der Waals surface area contributed by atoms with Crippen LogP contribution in [0.15, 0.2) is 59.7 Å². The summed E-state index contributed by atoms with van der Waals surface area (Å²) in [6.07, 6.45) is -10.5. The Bertz CT molecular complexity index is 1650. The maximum absolute atomic E-state index is 14.5. The van der Waals surface area contributed by atoms with E-state index in [0.717, 1.165) is 11.1 Å². The van der Waals surface area contributed by atoms with Crippen molar-refractivity contribution in [1.82, 2.24) is 19.9 Å². The molecule has 0 unspecified atom stereocenters. The number of hydrogen-bond donors (Lipinski definition) is 2. The van der Waals surface area contributed by atoms with Crippen LogP contribution in [0.5, 0.6) is 0 Å². The predicted molar refractivity (Wildman–Crippen MR) is 130 cm³/mol. The molecule has 0 saturated carbocycles. The van der Waals surface area contributed by atoms with Gasteiger partial charge in [-0.25, -0.2) is 14.4 Å². The summed E-state index contributed by atoms with van der Waals surface area (Å²) >= 11 is 0. The van der Waals surface area contributed by atoms with Gasteiger partial charge in [-0.2, -0.15) is 26.3 Å². The lowest BCUT2D eigenvalue weighted by molar-refractivity contribution is -0.284. The van der Waals surface area contributed by atoms with Crippen molar-refractivity contribution in [2.45, 2.75) is 31.9 Å². The molecule has 0 aliphatic carbocycles. The van der Waals surface area contributed by atoms with E-state index in [1.54, 1.807) is 42.5 Å². The van der Waals surface area contributed by atoms with Crippen LogP contribution in [-0.2, 0) is 17.9 Å². The molecule has 3 heterocycles. The first kappa shape index (κ1) is 27.1. The van der Waals surface area contributed by atoms with Gasteiger partial charge in [0.25, 0.3) is 5.56 Å². The standard InChI is InChI=1S/C26H18F7N5O2/c27-19-10-35-22(37-23(19)36-17-3-4-18-13(8-17)5-6-34-24(18)40)14-1-2-15-11-38(12-16(15)7-14)21(39)9-20(25(28,29)30)26(31,32)33/h1-8,10,20H,9,11-12H2,(H,34,40)(H,35,36,37). The maximum Gasteiger partial charge on any atom is 0.400 e. The normalized spacial score (nSPS) is 13.7. The van der Waals surface area contributed by atoms with Crippen molar-refractivity contribution in [1.29, 1.82) is 0 Å². The molecule has 5 rings (SSSR count). The van der Waals surface area contributed by atoms with Gasteiger partial charge in [-0.05, 0) is 46.8 Å². The number of nitrogens with zero attached hydrogens (tertiary/aromatic N) is 3. The number of benzene rings is 2. The molecule has 1 aliphatic heterocycles. The van der Waals surface area contributed by atoms with E-state index in [1.807, 2.05) is 0 Å². The van der Waals surface area contributed by atoms with E-state index < -0.39 is 36.4 Å². The third-order valence-corrected chi connectivity index (χ3v) is 6.49. The first-order chi connectivity index (χ1) is 18.8. The number of amides is 1. The number of pyridine rings is 1. The van der Waals surface area contributed by atoms with Gasteiger partial charge in [-0.1, -0.05) is 12.1 Å². The molecule has 2 aromatic carbocycles. The molecule has 0 saturated heterocycles. The molecule has 1 aliphatic rings. The van der Waals surface area contributed by atoms with Crippen molar-refractivity contribution >= 4 is 28.2 Å². The van der Waals surface area contributed by atoms with E-state index >= 15 is 0 Å². The molecule has 2 N–H and O–H groups in total. The number of fused-ring (bicyclic) bond motifs is 2. The quantitative estimate of drug-likeness (QED) is 0.297. The van der Waals surface area contributed by atoms with Crippen molar-refractivity contribution < 1.29 is 35.5 Å². The molecular formula is C26H18F7N5O2. The summed E-state index contributed by atoms with van der Waals surface area (Å²) in [7, 11) is 0. The fraction of sp³-hybridized carbons (Fsp3) is 0.231. The van der Waals surface area contributed by atoms with Crippen molar-refractivity contribution in [3.63, 3.8) is 0 Å². The van der Waals surface area contributed by atoms with Crippen LogP contribution in [0, 0.1) is 11.7 Å². The Hall–Kier alpha value is -4.49. The minimum Gasteiger partial charge on any atom is -0.338 e. The molecular weight excluding hydrogens is 547 g/mol. The maximum atomic E-state index is 14.5. The Kier molecular flexibility index (Phi) is 6.72. The van der Waals surface area contributed by atoms with Crippen LogP contribution in [0.25, 0.3) is 22.2 Å². The lowest BCUT2D eigenvalue weighted by atomic mass is 10.0. The fourth-order valence-electron chi connectivity index (χ4n) is 4.43. The van der Waals surface area contributed by atoms with Gasteiger partial charge in [0.1, 0.15) is 0 Å². The highest BCUT2D eigenvalue weighted by molar-refractivity contribution is 5.85. The van der Waals surface area contributed by atoms with E-state index in [4.69, 9.17) is 0 Å². The van der Waals surface area contributed by atoms with Crippen LogP contribution in [0.4, 0.5) is 42.2 Å². The summed E-state index contributed by atoms with van der Waals surface area (Å²) in [5.41, 5.74) is 1.59. The number of rotatable bonds is 5. The van der Waals surface area contributed by atoms with Crippen LogP contribution in [0.3, 0.4) is 0 Å². The molecule has 0 fully saturated rings. The number of H-pyrrole nitrogens is 1. The number of alkyl halides is 6. The molecule has 0 bridgehead atoms. The molecule has 2 aromatic heterocycles. The minimum absolute atomic E-state index is 0.0860. The minimum atomic E-state index is -5.61. The first-order valence-corrected chi connectivity index (χ1v) is 11.7. The fourth-order valence-corrected chi connectivity index (χ4v) is 4.43. The average molecular weight is 565 g/mol. The second-order valence-electron chi connectivity index (χ2n) is 9.20. The Balaban J connectivity index is 1.34. The lowest BCUT2D eigenvalue weighted by Crippen LogP contribution is -2.40. The number of aromatic amines is 1. The zero-order chi connectivity index (χ0) is 28.8. The average Bonchev–Trinajstić information content (AvgIpc) is 3.31. The Morgan fingerprint density at radius 2 is 1.73 bits per heavy atom. The molecule has 1 amide bonds. The zero-order valence-corrected chi connectivity index (χ0v) is 20.2. The molecule has 40 heavy (non-hydrogen) atoms. The topological polar surface area (TPSA) is 91.0 Å². The van der Waals surface area contributed by atoms with E-state index in [0.29, 0.717) is 33.2 Å². The summed E-state index contributed by atoms with van der Waals surface area (Å²) < 4.78 is 91.9. The second-order valence-corrected chi connectivity index (χ2v) is 9.20. The number of hydrogen-bond acceptors (Lipinski definition) is 5. The largest absolute Gasteiger partial charge is 0.400 e. The van der Waals surface area contributed by atoms with E-state index in [-0.39, 0.29) is 30.3 Å². The Morgan fingerprint density at radius 3 is 2.45 bits per heavy atom. The highest BCUT2D eigenvalue weighted by Crippen LogP contribution is 2.42. The van der Waals surface area contributed by atoms with Crippen LogP contribution >= 0.6 is 0 Å². The Morgan fingerprint density at radius 1 is 1.00 bits per heavy atom. The van der Waals surface area contributed by atoms with Gasteiger partial charge in [0.05, 0.1) is 6.20 Å². The summed E-state index contributed by atoms with van der Waals surface area (Å²) in [5.74, 6) is -5.88. The smallest absolute Gasteiger partial charge is 0.338 e. The number of halogens is 7. The van der Waals surface area contributed by atoms with E-state index in [9.17, 15) is 40.3 Å². The van der Waals surface area contributed by atoms with Gasteiger partial charge < -0.3 is 15.2 Å².